The van der Waals surface area contributed by atoms with Crippen LogP contribution in [-0.4, -0.2) is 24.2 Å². The second-order valence-corrected chi connectivity index (χ2v) is 7.66. The zero-order chi connectivity index (χ0) is 23.8. The number of ether oxygens (including phenoxy) is 2. The lowest BCUT2D eigenvalue weighted by Crippen LogP contribution is -2.20. The molecule has 33 heavy (non-hydrogen) atoms. The van der Waals surface area contributed by atoms with Gasteiger partial charge in [-0.25, -0.2) is 9.82 Å². The van der Waals surface area contributed by atoms with E-state index in [2.05, 4.69) is 26.5 Å². The van der Waals surface area contributed by atoms with E-state index in [1.54, 1.807) is 30.3 Å². The van der Waals surface area contributed by atoms with Crippen molar-refractivity contribution in [1.29, 1.82) is 0 Å². The van der Waals surface area contributed by atoms with E-state index in [4.69, 9.17) is 9.47 Å². The van der Waals surface area contributed by atoms with Gasteiger partial charge in [0, 0.05) is 11.6 Å². The Labute approximate surface area is 197 Å². The molecule has 3 rings (SSSR count). The summed E-state index contributed by atoms with van der Waals surface area (Å²) in [7, 11) is 1.48. The van der Waals surface area contributed by atoms with Gasteiger partial charge in [-0.2, -0.15) is 5.10 Å². The SMILES string of the molecule is COc1cc(/C=N/NC(=O)Cc2ccccc2[N+](=O)[O-])cc(Br)c1OCc1cccc(F)c1. The number of hydrogen-bond donors (Lipinski definition) is 1. The predicted molar refractivity (Wildman–Crippen MR) is 124 cm³/mol. The smallest absolute Gasteiger partial charge is 0.273 e. The number of para-hydroxylation sites is 1. The number of hydrazone groups is 1. The summed E-state index contributed by atoms with van der Waals surface area (Å²) < 4.78 is 25.1. The van der Waals surface area contributed by atoms with Crippen molar-refractivity contribution in [2.24, 2.45) is 5.10 Å². The van der Waals surface area contributed by atoms with Crippen LogP contribution in [0.25, 0.3) is 0 Å². The van der Waals surface area contributed by atoms with Gasteiger partial charge in [0.15, 0.2) is 11.5 Å². The van der Waals surface area contributed by atoms with Crippen LogP contribution < -0.4 is 14.9 Å². The maximum Gasteiger partial charge on any atom is 0.273 e. The molecule has 170 valence electrons. The zero-order valence-corrected chi connectivity index (χ0v) is 19.0. The number of benzene rings is 3. The van der Waals surface area contributed by atoms with Crippen molar-refractivity contribution < 1.29 is 23.6 Å². The van der Waals surface area contributed by atoms with E-state index in [0.29, 0.717) is 32.7 Å². The third-order valence-corrected chi connectivity index (χ3v) is 5.06. The van der Waals surface area contributed by atoms with Crippen molar-refractivity contribution in [1.82, 2.24) is 5.43 Å². The monoisotopic (exact) mass is 515 g/mol. The number of amides is 1. The zero-order valence-electron chi connectivity index (χ0n) is 17.5. The standard InChI is InChI=1S/C23H19BrFN3O5/c1-32-21-11-16(10-19(24)23(21)33-14-15-5-4-7-18(25)9-15)13-26-27-22(29)12-17-6-2-3-8-20(17)28(30)31/h2-11,13H,12,14H2,1H3,(H,27,29)/b26-13+. The molecule has 0 radical (unpaired) electrons. The fourth-order valence-corrected chi connectivity index (χ4v) is 3.54. The first-order valence-electron chi connectivity index (χ1n) is 9.66. The number of nitrogens with one attached hydrogen (secondary N) is 1. The Kier molecular flexibility index (Phi) is 8.09. The highest BCUT2D eigenvalue weighted by Gasteiger charge is 2.15. The highest BCUT2D eigenvalue weighted by Crippen LogP contribution is 2.36. The van der Waals surface area contributed by atoms with Crippen LogP contribution in [0.4, 0.5) is 10.1 Å². The molecule has 0 aliphatic heterocycles. The molecule has 1 N–H and O–H groups in total. The van der Waals surface area contributed by atoms with Crippen molar-refractivity contribution in [3.05, 3.63) is 97.8 Å². The number of rotatable bonds is 9. The molecule has 3 aromatic rings. The van der Waals surface area contributed by atoms with Crippen LogP contribution in [-0.2, 0) is 17.8 Å². The number of nitro benzene ring substituents is 1. The molecular weight excluding hydrogens is 497 g/mol. The van der Waals surface area contributed by atoms with Gasteiger partial charge in [0.25, 0.3) is 5.69 Å². The minimum atomic E-state index is -0.534. The van der Waals surface area contributed by atoms with Gasteiger partial charge in [-0.3, -0.25) is 14.9 Å². The van der Waals surface area contributed by atoms with Crippen LogP contribution >= 0.6 is 15.9 Å². The van der Waals surface area contributed by atoms with Gasteiger partial charge in [0.1, 0.15) is 12.4 Å². The molecule has 0 heterocycles. The molecule has 0 saturated heterocycles. The summed E-state index contributed by atoms with van der Waals surface area (Å²) >= 11 is 3.42. The van der Waals surface area contributed by atoms with E-state index in [-0.39, 0.29) is 24.5 Å². The molecule has 1 amide bonds. The summed E-state index contributed by atoms with van der Waals surface area (Å²) in [4.78, 5) is 22.7. The van der Waals surface area contributed by atoms with Crippen molar-refractivity contribution >= 4 is 33.7 Å². The first-order valence-corrected chi connectivity index (χ1v) is 10.5. The van der Waals surface area contributed by atoms with Crippen molar-refractivity contribution in [3.8, 4) is 11.5 Å². The molecule has 10 heteroatoms. The van der Waals surface area contributed by atoms with Gasteiger partial charge >= 0.3 is 0 Å². The lowest BCUT2D eigenvalue weighted by atomic mass is 10.1. The predicted octanol–water partition coefficient (Wildman–Crippen LogP) is 4.78. The van der Waals surface area contributed by atoms with Crippen LogP contribution in [0.1, 0.15) is 16.7 Å². The third-order valence-electron chi connectivity index (χ3n) is 4.47. The summed E-state index contributed by atoms with van der Waals surface area (Å²) in [5, 5.41) is 15.0. The average Bonchev–Trinajstić information content (AvgIpc) is 2.78. The lowest BCUT2D eigenvalue weighted by Gasteiger charge is -2.13. The van der Waals surface area contributed by atoms with Crippen LogP contribution in [0, 0.1) is 15.9 Å². The maximum atomic E-state index is 13.4. The molecule has 0 aliphatic rings. The van der Waals surface area contributed by atoms with Gasteiger partial charge in [0.2, 0.25) is 5.91 Å². The molecule has 0 saturated carbocycles. The topological polar surface area (TPSA) is 103 Å². The van der Waals surface area contributed by atoms with E-state index in [1.807, 2.05) is 0 Å². The number of halogens is 2. The van der Waals surface area contributed by atoms with E-state index in [0.717, 1.165) is 0 Å². The van der Waals surface area contributed by atoms with E-state index in [9.17, 15) is 19.3 Å². The summed E-state index contributed by atoms with van der Waals surface area (Å²) in [6.07, 6.45) is 1.22. The number of carbonyl (C=O) groups is 1. The summed E-state index contributed by atoms with van der Waals surface area (Å²) in [6.45, 7) is 0.141. The largest absolute Gasteiger partial charge is 0.493 e. The minimum absolute atomic E-state index is 0.126. The van der Waals surface area contributed by atoms with Crippen LogP contribution in [0.15, 0.2) is 70.2 Å². The van der Waals surface area contributed by atoms with E-state index in [1.165, 1.54) is 43.7 Å². The molecule has 3 aromatic carbocycles. The van der Waals surface area contributed by atoms with Gasteiger partial charge in [-0.1, -0.05) is 30.3 Å². The quantitative estimate of drug-likeness (QED) is 0.251. The highest BCUT2D eigenvalue weighted by molar-refractivity contribution is 9.10. The molecule has 8 nitrogen and oxygen atoms in total. The highest BCUT2D eigenvalue weighted by atomic mass is 79.9. The maximum absolute atomic E-state index is 13.4. The second kappa shape index (κ2) is 11.2. The molecule has 0 aromatic heterocycles. The molecule has 0 atom stereocenters. The Bertz CT molecular complexity index is 1200. The van der Waals surface area contributed by atoms with Gasteiger partial charge < -0.3 is 9.47 Å². The van der Waals surface area contributed by atoms with Crippen LogP contribution in [0.3, 0.4) is 0 Å². The van der Waals surface area contributed by atoms with Crippen LogP contribution in [0.5, 0.6) is 11.5 Å². The Morgan fingerprint density at radius 2 is 2.00 bits per heavy atom. The molecule has 0 bridgehead atoms. The molecule has 0 aliphatic carbocycles. The van der Waals surface area contributed by atoms with E-state index >= 15 is 0 Å². The Hall–Kier alpha value is -3.79. The summed E-state index contributed by atoms with van der Waals surface area (Å²) in [5.41, 5.74) is 3.78. The lowest BCUT2D eigenvalue weighted by molar-refractivity contribution is -0.385. The van der Waals surface area contributed by atoms with Crippen molar-refractivity contribution in [2.75, 3.05) is 7.11 Å². The summed E-state index contributed by atoms with van der Waals surface area (Å²) in [5.74, 6) is -0.00738. The first kappa shape index (κ1) is 23.9. The molecule has 0 unspecified atom stereocenters. The first-order chi connectivity index (χ1) is 15.9. The Morgan fingerprint density at radius 1 is 1.21 bits per heavy atom. The summed E-state index contributed by atoms with van der Waals surface area (Å²) in [6, 6.07) is 15.5. The second-order valence-electron chi connectivity index (χ2n) is 6.81. The average molecular weight is 516 g/mol. The Balaban J connectivity index is 1.65. The molecule has 0 fully saturated rings. The normalized spacial score (nSPS) is 10.8. The molecule has 0 spiro atoms. The number of nitro groups is 1. The number of methoxy groups -OCH3 is 1. The fourth-order valence-electron chi connectivity index (χ4n) is 2.97. The number of carbonyl (C=O) groups excluding carboxylic acids is 1. The van der Waals surface area contributed by atoms with Crippen molar-refractivity contribution in [3.63, 3.8) is 0 Å². The molecular formula is C23H19BrFN3O5. The number of nitrogens with zero attached hydrogens (tertiary/aromatic N) is 2. The third kappa shape index (κ3) is 6.59. The van der Waals surface area contributed by atoms with Gasteiger partial charge in [0.05, 0.1) is 29.1 Å². The van der Waals surface area contributed by atoms with Gasteiger partial charge in [-0.05, 0) is 51.3 Å². The number of hydrogen-bond acceptors (Lipinski definition) is 6. The van der Waals surface area contributed by atoms with Crippen LogP contribution in [0.2, 0.25) is 0 Å². The Morgan fingerprint density at radius 3 is 2.73 bits per heavy atom. The van der Waals surface area contributed by atoms with Crippen molar-refractivity contribution in [2.45, 2.75) is 13.0 Å². The van der Waals surface area contributed by atoms with E-state index < -0.39 is 10.8 Å². The minimum Gasteiger partial charge on any atom is -0.493 e. The fraction of sp³-hybridized carbons (Fsp3) is 0.130. The van der Waals surface area contributed by atoms with Gasteiger partial charge in [-0.15, -0.1) is 0 Å².